The zero-order valence-electron chi connectivity index (χ0n) is 23.8. The van der Waals surface area contributed by atoms with E-state index in [1.807, 2.05) is 13.0 Å². The molecule has 4 N–H and O–H groups in total. The van der Waals surface area contributed by atoms with Gasteiger partial charge >= 0.3 is 6.18 Å². The Labute approximate surface area is 246 Å². The molecule has 1 aliphatic heterocycles. The van der Waals surface area contributed by atoms with E-state index >= 15 is 0 Å². The minimum Gasteiger partial charge on any atom is -0.366 e. The molecule has 0 aliphatic carbocycles. The van der Waals surface area contributed by atoms with Gasteiger partial charge in [0.15, 0.2) is 5.82 Å². The van der Waals surface area contributed by atoms with Crippen LogP contribution in [0.5, 0.6) is 0 Å². The number of aryl methyl sites for hydroxylation is 3. The lowest BCUT2D eigenvalue weighted by Crippen LogP contribution is -2.46. The summed E-state index contributed by atoms with van der Waals surface area (Å²) in [6.45, 7) is 8.68. The van der Waals surface area contributed by atoms with E-state index in [0.717, 1.165) is 56.7 Å². The third kappa shape index (κ3) is 6.94. The average molecular weight is 597 g/mol. The van der Waals surface area contributed by atoms with Crippen molar-refractivity contribution >= 4 is 23.4 Å². The maximum atomic E-state index is 14.8. The van der Waals surface area contributed by atoms with Gasteiger partial charge in [0.1, 0.15) is 23.3 Å². The molecule has 4 aromatic rings. The van der Waals surface area contributed by atoms with Gasteiger partial charge in [-0.15, -0.1) is 0 Å². The quantitative estimate of drug-likeness (QED) is 0.230. The Morgan fingerprint density at radius 1 is 1.02 bits per heavy atom. The molecule has 1 amide bonds. The Bertz CT molecular complexity index is 1610. The zero-order valence-corrected chi connectivity index (χ0v) is 23.8. The molecule has 0 bridgehead atoms. The van der Waals surface area contributed by atoms with Crippen LogP contribution in [-0.2, 0) is 19.0 Å². The first kappa shape index (κ1) is 30.0. The molecule has 2 aromatic carbocycles. The standard InChI is InChI=1S/C30H32F4N8O/c1-3-41-11-13-42(14-12-41)27-17-25(36-18(2)37-27)38-26-16-21(39-40-26)9-7-19-15-20(8-10-24(19)31)28-22(29(35)43)5-4-6-23(28)30(32,33)34/h4-6,8,10,15-17H,3,7,9,11-14H2,1-2H3,(H2,35,43)(H2,36,37,38,39,40). The van der Waals surface area contributed by atoms with Crippen molar-refractivity contribution in [2.45, 2.75) is 32.9 Å². The second-order valence-electron chi connectivity index (χ2n) is 10.4. The number of nitrogens with zero attached hydrogens (tertiary/aromatic N) is 5. The number of likely N-dealkylation sites (N-methyl/N-ethyl adjacent to an activating group) is 1. The van der Waals surface area contributed by atoms with E-state index in [2.05, 4.69) is 42.2 Å². The lowest BCUT2D eigenvalue weighted by Gasteiger charge is -2.34. The summed E-state index contributed by atoms with van der Waals surface area (Å²) in [5, 5.41) is 10.4. The van der Waals surface area contributed by atoms with Gasteiger partial charge < -0.3 is 20.9 Å². The molecular formula is C30H32F4N8O. The number of primary amides is 1. The number of hydrogen-bond donors (Lipinski definition) is 3. The maximum absolute atomic E-state index is 14.8. The van der Waals surface area contributed by atoms with Crippen LogP contribution in [0.4, 0.5) is 35.0 Å². The third-order valence-corrected chi connectivity index (χ3v) is 7.49. The van der Waals surface area contributed by atoms with Crippen LogP contribution in [-0.4, -0.2) is 63.7 Å². The van der Waals surface area contributed by atoms with E-state index in [4.69, 9.17) is 5.73 Å². The number of alkyl halides is 3. The Morgan fingerprint density at radius 3 is 2.49 bits per heavy atom. The van der Waals surface area contributed by atoms with Crippen LogP contribution in [0.3, 0.4) is 0 Å². The number of amides is 1. The first-order chi connectivity index (χ1) is 20.5. The van der Waals surface area contributed by atoms with Crippen molar-refractivity contribution in [3.05, 3.63) is 82.6 Å². The number of nitrogens with one attached hydrogen (secondary N) is 2. The summed E-state index contributed by atoms with van der Waals surface area (Å²) in [6, 6.07) is 10.5. The lowest BCUT2D eigenvalue weighted by molar-refractivity contribution is -0.137. The SMILES string of the molecule is CCN1CCN(c2cc(Nc3cc(CCc4cc(-c5c(C(N)=O)cccc5C(F)(F)F)ccc4F)[nH]n3)nc(C)n2)CC1. The minimum atomic E-state index is -4.73. The molecule has 1 aliphatic rings. The maximum Gasteiger partial charge on any atom is 0.417 e. The predicted octanol–water partition coefficient (Wildman–Crippen LogP) is 5.10. The number of nitrogens with two attached hydrogens (primary N) is 1. The summed E-state index contributed by atoms with van der Waals surface area (Å²) < 4.78 is 56.2. The molecule has 1 saturated heterocycles. The Balaban J connectivity index is 1.31. The fraction of sp³-hybridized carbons (Fsp3) is 0.333. The number of anilines is 3. The fourth-order valence-corrected chi connectivity index (χ4v) is 5.25. The first-order valence-corrected chi connectivity index (χ1v) is 13.9. The molecule has 0 saturated carbocycles. The van der Waals surface area contributed by atoms with E-state index in [1.165, 1.54) is 18.2 Å². The number of piperazine rings is 1. The van der Waals surface area contributed by atoms with Gasteiger partial charge in [0.05, 0.1) is 5.56 Å². The highest BCUT2D eigenvalue weighted by atomic mass is 19.4. The molecule has 43 heavy (non-hydrogen) atoms. The smallest absolute Gasteiger partial charge is 0.366 e. The number of aromatic amines is 1. The van der Waals surface area contributed by atoms with Gasteiger partial charge in [-0.05, 0) is 61.7 Å². The Hall–Kier alpha value is -4.52. The van der Waals surface area contributed by atoms with E-state index in [-0.39, 0.29) is 28.7 Å². The molecule has 226 valence electrons. The summed E-state index contributed by atoms with van der Waals surface area (Å²) in [7, 11) is 0. The summed E-state index contributed by atoms with van der Waals surface area (Å²) in [6.07, 6.45) is -4.24. The van der Waals surface area contributed by atoms with Crippen molar-refractivity contribution < 1.29 is 22.4 Å². The molecule has 0 spiro atoms. The molecule has 5 rings (SSSR count). The van der Waals surface area contributed by atoms with Crippen molar-refractivity contribution in [1.82, 2.24) is 25.1 Å². The van der Waals surface area contributed by atoms with Crippen molar-refractivity contribution in [2.75, 3.05) is 42.9 Å². The van der Waals surface area contributed by atoms with E-state index in [9.17, 15) is 22.4 Å². The molecule has 0 radical (unpaired) electrons. The van der Waals surface area contributed by atoms with Gasteiger partial charge in [0.25, 0.3) is 0 Å². The highest BCUT2D eigenvalue weighted by Gasteiger charge is 2.35. The van der Waals surface area contributed by atoms with Crippen molar-refractivity contribution in [2.24, 2.45) is 5.73 Å². The predicted molar refractivity (Wildman–Crippen MR) is 156 cm³/mol. The fourth-order valence-electron chi connectivity index (χ4n) is 5.25. The molecule has 0 atom stereocenters. The molecular weight excluding hydrogens is 564 g/mol. The van der Waals surface area contributed by atoms with Gasteiger partial charge in [0, 0.05) is 55.1 Å². The second kappa shape index (κ2) is 12.4. The number of rotatable bonds is 9. The van der Waals surface area contributed by atoms with Crippen LogP contribution in [0.2, 0.25) is 0 Å². The third-order valence-electron chi connectivity index (χ3n) is 7.49. The zero-order chi connectivity index (χ0) is 30.7. The van der Waals surface area contributed by atoms with Crippen molar-refractivity contribution in [3.8, 4) is 11.1 Å². The molecule has 2 aromatic heterocycles. The summed E-state index contributed by atoms with van der Waals surface area (Å²) in [5.74, 6) is 0.976. The molecule has 13 heteroatoms. The van der Waals surface area contributed by atoms with Crippen molar-refractivity contribution in [3.63, 3.8) is 0 Å². The number of benzene rings is 2. The van der Waals surface area contributed by atoms with E-state index in [0.29, 0.717) is 29.6 Å². The normalized spacial score (nSPS) is 14.2. The second-order valence-corrected chi connectivity index (χ2v) is 10.4. The summed E-state index contributed by atoms with van der Waals surface area (Å²) in [5.41, 5.74) is 4.63. The summed E-state index contributed by atoms with van der Waals surface area (Å²) in [4.78, 5) is 25.6. The number of carbonyl (C=O) groups is 1. The van der Waals surface area contributed by atoms with Crippen LogP contribution in [0.25, 0.3) is 11.1 Å². The van der Waals surface area contributed by atoms with Gasteiger partial charge in [-0.25, -0.2) is 14.4 Å². The van der Waals surface area contributed by atoms with Gasteiger partial charge in [0.2, 0.25) is 5.91 Å². The number of halogens is 4. The molecule has 3 heterocycles. The highest BCUT2D eigenvalue weighted by Crippen LogP contribution is 2.39. The van der Waals surface area contributed by atoms with E-state index < -0.39 is 23.5 Å². The van der Waals surface area contributed by atoms with Crippen molar-refractivity contribution in [1.29, 1.82) is 0 Å². The van der Waals surface area contributed by atoms with Gasteiger partial charge in [-0.3, -0.25) is 9.89 Å². The van der Waals surface area contributed by atoms with Gasteiger partial charge in [-0.2, -0.15) is 18.3 Å². The van der Waals surface area contributed by atoms with Crippen LogP contribution < -0.4 is 16.0 Å². The van der Waals surface area contributed by atoms with E-state index in [1.54, 1.807) is 6.07 Å². The van der Waals surface area contributed by atoms with Gasteiger partial charge in [-0.1, -0.05) is 19.1 Å². The number of aromatic nitrogens is 4. The average Bonchev–Trinajstić information content (AvgIpc) is 3.42. The van der Waals surface area contributed by atoms with Crippen LogP contribution in [0.15, 0.2) is 48.5 Å². The minimum absolute atomic E-state index is 0.0520. The molecule has 0 unspecified atom stereocenters. The van der Waals surface area contributed by atoms with Crippen LogP contribution in [0, 0.1) is 12.7 Å². The highest BCUT2D eigenvalue weighted by molar-refractivity contribution is 6.00. The number of hydrogen-bond acceptors (Lipinski definition) is 7. The lowest BCUT2D eigenvalue weighted by atomic mass is 9.91. The summed E-state index contributed by atoms with van der Waals surface area (Å²) >= 11 is 0. The number of H-pyrrole nitrogens is 1. The molecule has 1 fully saturated rings. The largest absolute Gasteiger partial charge is 0.417 e. The topological polar surface area (TPSA) is 116 Å². The first-order valence-electron chi connectivity index (χ1n) is 13.9. The number of carbonyl (C=O) groups excluding carboxylic acids is 1. The Morgan fingerprint density at radius 2 is 1.79 bits per heavy atom. The van der Waals surface area contributed by atoms with Crippen LogP contribution in [0.1, 0.15) is 39.9 Å². The molecule has 9 nitrogen and oxygen atoms in total. The Kier molecular flexibility index (Phi) is 8.62. The van der Waals surface area contributed by atoms with Crippen LogP contribution >= 0.6 is 0 Å². The monoisotopic (exact) mass is 596 g/mol.